The van der Waals surface area contributed by atoms with Crippen molar-refractivity contribution in [2.45, 2.75) is 71.3 Å². The van der Waals surface area contributed by atoms with Gasteiger partial charge in [0.1, 0.15) is 0 Å². The van der Waals surface area contributed by atoms with Crippen molar-refractivity contribution in [3.8, 4) is 0 Å². The molecular formula is C20H31N3O. The zero-order valence-electron chi connectivity index (χ0n) is 15.5. The van der Waals surface area contributed by atoms with E-state index in [9.17, 15) is 4.79 Å². The maximum absolute atomic E-state index is 11.9. The van der Waals surface area contributed by atoms with Gasteiger partial charge in [-0.25, -0.2) is 5.43 Å². The fourth-order valence-electron chi connectivity index (χ4n) is 3.01. The standard InChI is InChI=1S/C20H31N3O/c1-15(16-10-12-17(13-11-16)20(2,3)4)22-23-19(24)14-21-18-8-6-5-7-9-18/h10-13,18,21H,5-9,14H2,1-4H3,(H,23,24)/b22-15-. The van der Waals surface area contributed by atoms with Crippen molar-refractivity contribution in [2.75, 3.05) is 6.54 Å². The van der Waals surface area contributed by atoms with E-state index in [2.05, 4.69) is 60.9 Å². The van der Waals surface area contributed by atoms with Gasteiger partial charge in [-0.3, -0.25) is 4.79 Å². The van der Waals surface area contributed by atoms with Crippen molar-refractivity contribution >= 4 is 11.6 Å². The van der Waals surface area contributed by atoms with E-state index in [1.165, 1.54) is 37.7 Å². The summed E-state index contributed by atoms with van der Waals surface area (Å²) in [6.45, 7) is 8.85. The third-order valence-electron chi connectivity index (χ3n) is 4.67. The highest BCUT2D eigenvalue weighted by Crippen LogP contribution is 2.22. The number of rotatable bonds is 5. The molecule has 1 amide bonds. The molecule has 0 aromatic heterocycles. The minimum absolute atomic E-state index is 0.0776. The number of hydrogen-bond donors (Lipinski definition) is 2. The Morgan fingerprint density at radius 1 is 1.12 bits per heavy atom. The molecule has 1 aliphatic carbocycles. The van der Waals surface area contributed by atoms with Crippen molar-refractivity contribution in [1.82, 2.24) is 10.7 Å². The highest BCUT2D eigenvalue weighted by atomic mass is 16.2. The first-order valence-corrected chi connectivity index (χ1v) is 9.03. The normalized spacial score (nSPS) is 16.9. The molecule has 0 atom stereocenters. The molecule has 0 spiro atoms. The summed E-state index contributed by atoms with van der Waals surface area (Å²) in [5, 5.41) is 7.55. The Morgan fingerprint density at radius 2 is 1.75 bits per heavy atom. The second kappa shape index (κ2) is 8.43. The molecule has 0 bridgehead atoms. The molecule has 1 saturated carbocycles. The summed E-state index contributed by atoms with van der Waals surface area (Å²) in [7, 11) is 0. The maximum Gasteiger partial charge on any atom is 0.254 e. The Labute approximate surface area is 146 Å². The summed E-state index contributed by atoms with van der Waals surface area (Å²) < 4.78 is 0. The van der Waals surface area contributed by atoms with Gasteiger partial charge in [-0.1, -0.05) is 64.3 Å². The molecule has 1 aliphatic rings. The molecule has 0 heterocycles. The van der Waals surface area contributed by atoms with Crippen LogP contribution >= 0.6 is 0 Å². The molecule has 132 valence electrons. The first-order chi connectivity index (χ1) is 11.4. The lowest BCUT2D eigenvalue weighted by Crippen LogP contribution is -2.38. The van der Waals surface area contributed by atoms with Crippen LogP contribution in [0, 0.1) is 0 Å². The van der Waals surface area contributed by atoms with E-state index in [1.807, 2.05) is 6.92 Å². The molecule has 1 fully saturated rings. The Balaban J connectivity index is 1.83. The number of benzene rings is 1. The molecule has 0 unspecified atom stereocenters. The van der Waals surface area contributed by atoms with E-state index in [0.29, 0.717) is 12.6 Å². The monoisotopic (exact) mass is 329 g/mol. The van der Waals surface area contributed by atoms with Gasteiger partial charge < -0.3 is 5.32 Å². The van der Waals surface area contributed by atoms with Crippen LogP contribution in [0.3, 0.4) is 0 Å². The Kier molecular flexibility index (Phi) is 6.55. The van der Waals surface area contributed by atoms with Crippen molar-refractivity contribution < 1.29 is 4.79 Å². The van der Waals surface area contributed by atoms with Gasteiger partial charge in [0, 0.05) is 6.04 Å². The summed E-state index contributed by atoms with van der Waals surface area (Å²) in [5.41, 5.74) is 5.94. The lowest BCUT2D eigenvalue weighted by Gasteiger charge is -2.22. The summed E-state index contributed by atoms with van der Waals surface area (Å²) in [4.78, 5) is 11.9. The van der Waals surface area contributed by atoms with Crippen LogP contribution in [0.5, 0.6) is 0 Å². The van der Waals surface area contributed by atoms with Crippen molar-refractivity contribution in [3.05, 3.63) is 35.4 Å². The van der Waals surface area contributed by atoms with Gasteiger partial charge in [0.2, 0.25) is 0 Å². The van der Waals surface area contributed by atoms with Crippen LogP contribution < -0.4 is 10.7 Å². The third kappa shape index (κ3) is 5.75. The van der Waals surface area contributed by atoms with Gasteiger partial charge in [0.15, 0.2) is 0 Å². The number of hydrazone groups is 1. The minimum atomic E-state index is -0.0776. The van der Waals surface area contributed by atoms with Crippen LogP contribution in [0.2, 0.25) is 0 Å². The first kappa shape index (κ1) is 18.7. The topological polar surface area (TPSA) is 53.5 Å². The molecule has 0 aliphatic heterocycles. The predicted molar refractivity (Wildman–Crippen MR) is 100 cm³/mol. The quantitative estimate of drug-likeness (QED) is 0.638. The second-order valence-electron chi connectivity index (χ2n) is 7.78. The van der Waals surface area contributed by atoms with E-state index in [0.717, 1.165) is 11.3 Å². The van der Waals surface area contributed by atoms with Crippen molar-refractivity contribution in [1.29, 1.82) is 0 Å². The molecule has 1 aromatic carbocycles. The molecule has 0 radical (unpaired) electrons. The number of nitrogens with one attached hydrogen (secondary N) is 2. The summed E-state index contributed by atoms with van der Waals surface area (Å²) in [6.07, 6.45) is 6.20. The van der Waals surface area contributed by atoms with Crippen LogP contribution in [0.1, 0.15) is 70.9 Å². The van der Waals surface area contributed by atoms with Gasteiger partial charge in [-0.2, -0.15) is 5.10 Å². The molecule has 0 saturated heterocycles. The number of carbonyl (C=O) groups excluding carboxylic acids is 1. The number of hydrogen-bond acceptors (Lipinski definition) is 3. The Bertz CT molecular complexity index is 564. The fraction of sp³-hybridized carbons (Fsp3) is 0.600. The predicted octanol–water partition coefficient (Wildman–Crippen LogP) is 3.75. The molecular weight excluding hydrogens is 298 g/mol. The molecule has 4 heteroatoms. The SMILES string of the molecule is C/C(=N/NC(=O)CNC1CCCCC1)c1ccc(C(C)(C)C)cc1. The zero-order chi connectivity index (χ0) is 17.6. The lowest BCUT2D eigenvalue weighted by atomic mass is 9.86. The fourth-order valence-corrected chi connectivity index (χ4v) is 3.01. The summed E-state index contributed by atoms with van der Waals surface area (Å²) >= 11 is 0. The minimum Gasteiger partial charge on any atom is -0.306 e. The van der Waals surface area contributed by atoms with E-state index in [4.69, 9.17) is 0 Å². The van der Waals surface area contributed by atoms with Crippen molar-refractivity contribution in [2.24, 2.45) is 5.10 Å². The first-order valence-electron chi connectivity index (χ1n) is 9.03. The largest absolute Gasteiger partial charge is 0.306 e. The maximum atomic E-state index is 11.9. The van der Waals surface area contributed by atoms with Gasteiger partial charge >= 0.3 is 0 Å². The number of amides is 1. The highest BCUT2D eigenvalue weighted by Gasteiger charge is 2.14. The van der Waals surface area contributed by atoms with E-state index >= 15 is 0 Å². The van der Waals surface area contributed by atoms with Crippen LogP contribution in [-0.2, 0) is 10.2 Å². The van der Waals surface area contributed by atoms with Crippen molar-refractivity contribution in [3.63, 3.8) is 0 Å². The summed E-state index contributed by atoms with van der Waals surface area (Å²) in [6, 6.07) is 8.86. The van der Waals surface area contributed by atoms with E-state index in [1.54, 1.807) is 0 Å². The number of carbonyl (C=O) groups is 1. The van der Waals surface area contributed by atoms with Gasteiger partial charge in [-0.15, -0.1) is 0 Å². The molecule has 4 nitrogen and oxygen atoms in total. The summed E-state index contributed by atoms with van der Waals surface area (Å²) in [5.74, 6) is -0.0776. The molecule has 1 aromatic rings. The second-order valence-corrected chi connectivity index (χ2v) is 7.78. The van der Waals surface area contributed by atoms with Crippen LogP contribution in [0.15, 0.2) is 29.4 Å². The number of nitrogens with zero attached hydrogens (tertiary/aromatic N) is 1. The van der Waals surface area contributed by atoms with Crippen LogP contribution in [-0.4, -0.2) is 24.2 Å². The van der Waals surface area contributed by atoms with Gasteiger partial charge in [0.05, 0.1) is 12.3 Å². The molecule has 24 heavy (non-hydrogen) atoms. The Morgan fingerprint density at radius 3 is 2.33 bits per heavy atom. The highest BCUT2D eigenvalue weighted by molar-refractivity contribution is 5.99. The average molecular weight is 329 g/mol. The third-order valence-corrected chi connectivity index (χ3v) is 4.67. The van der Waals surface area contributed by atoms with Crippen LogP contribution in [0.4, 0.5) is 0 Å². The zero-order valence-corrected chi connectivity index (χ0v) is 15.5. The average Bonchev–Trinajstić information content (AvgIpc) is 2.58. The van der Waals surface area contributed by atoms with Gasteiger partial charge in [0.25, 0.3) is 5.91 Å². The van der Waals surface area contributed by atoms with E-state index < -0.39 is 0 Å². The molecule has 2 N–H and O–H groups in total. The van der Waals surface area contributed by atoms with Crippen LogP contribution in [0.25, 0.3) is 0 Å². The Hall–Kier alpha value is -1.68. The van der Waals surface area contributed by atoms with E-state index in [-0.39, 0.29) is 11.3 Å². The molecule has 2 rings (SSSR count). The van der Waals surface area contributed by atoms with Gasteiger partial charge in [-0.05, 0) is 36.3 Å². The smallest absolute Gasteiger partial charge is 0.254 e. The lowest BCUT2D eigenvalue weighted by molar-refractivity contribution is -0.120.